The van der Waals surface area contributed by atoms with Gasteiger partial charge in [0, 0.05) is 27.7 Å². The molecule has 0 spiro atoms. The minimum Gasteiger partial charge on any atom is -0.463 e. The molecule has 0 aromatic rings. The zero-order valence-corrected chi connectivity index (χ0v) is 20.0. The van der Waals surface area contributed by atoms with Crippen molar-refractivity contribution in [1.82, 2.24) is 0 Å². The Balaban J connectivity index is 2.22. The number of hydrogen-bond acceptors (Lipinski definition) is 11. The van der Waals surface area contributed by atoms with Crippen LogP contribution in [0.5, 0.6) is 0 Å². The second-order valence-electron chi connectivity index (χ2n) is 7.50. The SMILES string of the molecule is CC(=O)OC[C@H]1CCC[C@@H](O[C@H]2[C@H](OC(C)=O)[C@@H](OC(C)=O)[C@@H](Br)O[C@@H]2COC(C)=O)O1. The van der Waals surface area contributed by atoms with E-state index in [0.717, 1.165) is 6.42 Å². The van der Waals surface area contributed by atoms with Gasteiger partial charge in [-0.15, -0.1) is 0 Å². The van der Waals surface area contributed by atoms with Gasteiger partial charge in [-0.05, 0) is 19.3 Å². The predicted octanol–water partition coefficient (Wildman–Crippen LogP) is 1.38. The number of carbonyl (C=O) groups excluding carboxylic acids is 4. The first-order chi connectivity index (χ1) is 15.1. The fourth-order valence-corrected chi connectivity index (χ4v) is 4.16. The second-order valence-corrected chi connectivity index (χ2v) is 8.40. The standard InChI is InChI=1S/C20H29BrO11/c1-10(22)26-8-14-6-5-7-16(30-14)32-17-15(9-27-11(2)23)31-20(21)19(29-13(4)25)18(17)28-12(3)24/h14-20H,5-9H2,1-4H3/t14-,15-,16-,17-,18+,19-,20+/m1/s1. The molecule has 32 heavy (non-hydrogen) atoms. The summed E-state index contributed by atoms with van der Waals surface area (Å²) in [7, 11) is 0. The molecule has 0 N–H and O–H groups in total. The average molecular weight is 525 g/mol. The van der Waals surface area contributed by atoms with Gasteiger partial charge in [-0.1, -0.05) is 15.9 Å². The monoisotopic (exact) mass is 524 g/mol. The largest absolute Gasteiger partial charge is 0.463 e. The van der Waals surface area contributed by atoms with E-state index in [1.807, 2.05) is 0 Å². The number of alkyl halides is 1. The topological polar surface area (TPSA) is 133 Å². The van der Waals surface area contributed by atoms with E-state index in [1.165, 1.54) is 27.7 Å². The quantitative estimate of drug-likeness (QED) is 0.259. The molecule has 182 valence electrons. The van der Waals surface area contributed by atoms with Gasteiger partial charge < -0.3 is 33.2 Å². The summed E-state index contributed by atoms with van der Waals surface area (Å²) in [4.78, 5) is 45.9. The number of rotatable bonds is 8. The number of carbonyl (C=O) groups is 4. The Bertz CT molecular complexity index is 684. The van der Waals surface area contributed by atoms with Gasteiger partial charge in [0.2, 0.25) is 0 Å². The van der Waals surface area contributed by atoms with Crippen molar-refractivity contribution in [3.63, 3.8) is 0 Å². The highest BCUT2D eigenvalue weighted by Crippen LogP contribution is 2.34. The zero-order valence-electron chi connectivity index (χ0n) is 18.4. The maximum absolute atomic E-state index is 11.8. The third-order valence-corrected chi connectivity index (χ3v) is 5.46. The van der Waals surface area contributed by atoms with E-state index in [9.17, 15) is 19.2 Å². The van der Waals surface area contributed by atoms with Crippen LogP contribution in [0.1, 0.15) is 47.0 Å². The molecule has 7 atom stereocenters. The van der Waals surface area contributed by atoms with Crippen LogP contribution in [-0.2, 0) is 52.3 Å². The molecule has 12 heteroatoms. The van der Waals surface area contributed by atoms with E-state index in [-0.39, 0.29) is 19.3 Å². The lowest BCUT2D eigenvalue weighted by atomic mass is 9.99. The minimum atomic E-state index is -1.06. The Kier molecular flexibility index (Phi) is 10.3. The first-order valence-electron chi connectivity index (χ1n) is 10.3. The first kappa shape index (κ1) is 26.5. The molecule has 0 aromatic carbocycles. The van der Waals surface area contributed by atoms with Gasteiger partial charge in [-0.25, -0.2) is 0 Å². The van der Waals surface area contributed by atoms with Crippen LogP contribution in [0.4, 0.5) is 0 Å². The Morgan fingerprint density at radius 2 is 1.38 bits per heavy atom. The lowest BCUT2D eigenvalue weighted by molar-refractivity contribution is -0.291. The molecule has 0 unspecified atom stereocenters. The molecule has 0 bridgehead atoms. The van der Waals surface area contributed by atoms with Crippen LogP contribution in [-0.4, -0.2) is 78.9 Å². The maximum Gasteiger partial charge on any atom is 0.303 e. The lowest BCUT2D eigenvalue weighted by Crippen LogP contribution is -2.61. The Labute approximate surface area is 194 Å². The Morgan fingerprint density at radius 1 is 0.781 bits per heavy atom. The van der Waals surface area contributed by atoms with Gasteiger partial charge in [-0.2, -0.15) is 0 Å². The zero-order chi connectivity index (χ0) is 23.8. The molecule has 0 radical (unpaired) electrons. The van der Waals surface area contributed by atoms with Crippen molar-refractivity contribution in [2.75, 3.05) is 13.2 Å². The molecule has 11 nitrogen and oxygen atoms in total. The summed E-state index contributed by atoms with van der Waals surface area (Å²) >= 11 is 3.29. The summed E-state index contributed by atoms with van der Waals surface area (Å²) in [5.74, 6) is -2.17. The van der Waals surface area contributed by atoms with Gasteiger partial charge >= 0.3 is 23.9 Å². The van der Waals surface area contributed by atoms with Crippen LogP contribution in [0, 0.1) is 0 Å². The van der Waals surface area contributed by atoms with Crippen molar-refractivity contribution in [2.24, 2.45) is 0 Å². The van der Waals surface area contributed by atoms with Crippen LogP contribution in [0.15, 0.2) is 0 Å². The minimum absolute atomic E-state index is 0.0835. The summed E-state index contributed by atoms with van der Waals surface area (Å²) in [6, 6.07) is 0. The molecule has 0 aromatic heterocycles. The van der Waals surface area contributed by atoms with Crippen molar-refractivity contribution in [1.29, 1.82) is 0 Å². The van der Waals surface area contributed by atoms with E-state index in [1.54, 1.807) is 0 Å². The Hall–Kier alpha value is -1.76. The smallest absolute Gasteiger partial charge is 0.303 e. The summed E-state index contributed by atoms with van der Waals surface area (Å²) in [6.45, 7) is 4.89. The van der Waals surface area contributed by atoms with Gasteiger partial charge in [0.1, 0.15) is 25.4 Å². The molecule has 2 aliphatic heterocycles. The van der Waals surface area contributed by atoms with Crippen LogP contribution < -0.4 is 0 Å². The van der Waals surface area contributed by atoms with Crippen LogP contribution in [0.3, 0.4) is 0 Å². The van der Waals surface area contributed by atoms with Gasteiger partial charge in [0.25, 0.3) is 0 Å². The molecule has 0 amide bonds. The van der Waals surface area contributed by atoms with Crippen molar-refractivity contribution >= 4 is 39.8 Å². The van der Waals surface area contributed by atoms with Crippen LogP contribution >= 0.6 is 15.9 Å². The molecule has 2 heterocycles. The summed E-state index contributed by atoms with van der Waals surface area (Å²) in [6.07, 6.45) is -3.07. The van der Waals surface area contributed by atoms with Crippen LogP contribution in [0.2, 0.25) is 0 Å². The number of halogens is 1. The van der Waals surface area contributed by atoms with E-state index in [2.05, 4.69) is 15.9 Å². The maximum atomic E-state index is 11.8. The number of esters is 4. The average Bonchev–Trinajstić information content (AvgIpc) is 2.69. The normalized spacial score (nSPS) is 32.5. The van der Waals surface area contributed by atoms with Gasteiger partial charge in [-0.3, -0.25) is 19.2 Å². The fourth-order valence-electron chi connectivity index (χ4n) is 3.48. The fraction of sp³-hybridized carbons (Fsp3) is 0.800. The summed E-state index contributed by atoms with van der Waals surface area (Å²) < 4.78 is 38.7. The molecule has 0 aliphatic carbocycles. The van der Waals surface area contributed by atoms with E-state index >= 15 is 0 Å². The highest BCUT2D eigenvalue weighted by molar-refractivity contribution is 9.09. The van der Waals surface area contributed by atoms with Crippen molar-refractivity contribution < 1.29 is 52.3 Å². The lowest BCUT2D eigenvalue weighted by Gasteiger charge is -2.45. The van der Waals surface area contributed by atoms with E-state index in [0.29, 0.717) is 12.8 Å². The molecule has 2 saturated heterocycles. The summed E-state index contributed by atoms with van der Waals surface area (Å²) in [5, 5.41) is -0.847. The first-order valence-corrected chi connectivity index (χ1v) is 11.2. The summed E-state index contributed by atoms with van der Waals surface area (Å²) in [5.41, 5.74) is 0. The van der Waals surface area contributed by atoms with Crippen molar-refractivity contribution in [3.8, 4) is 0 Å². The molecular weight excluding hydrogens is 496 g/mol. The van der Waals surface area contributed by atoms with Crippen molar-refractivity contribution in [3.05, 3.63) is 0 Å². The third kappa shape index (κ3) is 8.30. The predicted molar refractivity (Wildman–Crippen MR) is 109 cm³/mol. The van der Waals surface area contributed by atoms with Gasteiger partial charge in [0.15, 0.2) is 23.5 Å². The number of ether oxygens (including phenoxy) is 7. The van der Waals surface area contributed by atoms with Crippen molar-refractivity contribution in [2.45, 2.75) is 88.8 Å². The third-order valence-electron chi connectivity index (χ3n) is 4.72. The van der Waals surface area contributed by atoms with E-state index < -0.39 is 59.6 Å². The van der Waals surface area contributed by atoms with E-state index in [4.69, 9.17) is 33.2 Å². The van der Waals surface area contributed by atoms with Gasteiger partial charge in [0.05, 0.1) is 6.10 Å². The van der Waals surface area contributed by atoms with Crippen LogP contribution in [0.25, 0.3) is 0 Å². The second kappa shape index (κ2) is 12.5. The highest BCUT2D eigenvalue weighted by atomic mass is 79.9. The molecule has 2 fully saturated rings. The molecular formula is C20H29BrO11. The molecule has 2 aliphatic rings. The highest BCUT2D eigenvalue weighted by Gasteiger charge is 2.51. The Morgan fingerprint density at radius 3 is 1.97 bits per heavy atom. The number of hydrogen-bond donors (Lipinski definition) is 0. The molecule has 0 saturated carbocycles. The molecule has 2 rings (SSSR count).